The minimum Gasteiger partial charge on any atom is -0.466 e. The first kappa shape index (κ1) is 55.1. The number of alkyl halides is 1. The lowest BCUT2D eigenvalue weighted by molar-refractivity contribution is -0.150. The second kappa shape index (κ2) is 42.2. The topological polar surface area (TPSA) is 82.1 Å². The van der Waals surface area contributed by atoms with Crippen LogP contribution in [0.5, 0.6) is 0 Å². The molecule has 7 nitrogen and oxygen atoms in total. The molecule has 0 rings (SSSR count). The van der Waals surface area contributed by atoms with Crippen LogP contribution in [0, 0.1) is 11.8 Å². The van der Waals surface area contributed by atoms with Gasteiger partial charge in [0.05, 0.1) is 13.2 Å². The maximum absolute atomic E-state index is 12.6. The highest BCUT2D eigenvalue weighted by atomic mass is 127. The van der Waals surface area contributed by atoms with Crippen LogP contribution in [0.4, 0.5) is 0 Å². The Morgan fingerprint density at radius 1 is 0.446 bits per heavy atom. The zero-order chi connectivity index (χ0) is 41.3. The van der Waals surface area contributed by atoms with Crippen LogP contribution in [0.3, 0.4) is 0 Å². The molecule has 0 aromatic heterocycles. The highest BCUT2D eigenvalue weighted by molar-refractivity contribution is 14.1. The molecule has 0 radical (unpaired) electrons. The van der Waals surface area contributed by atoms with E-state index in [-0.39, 0.29) is 24.0 Å². The van der Waals surface area contributed by atoms with Crippen molar-refractivity contribution in [3.8, 4) is 0 Å². The van der Waals surface area contributed by atoms with E-state index in [1.807, 2.05) is 14.1 Å². The third-order valence-corrected chi connectivity index (χ3v) is 12.1. The normalized spacial score (nSPS) is 12.6. The maximum atomic E-state index is 12.6. The van der Waals surface area contributed by atoms with Crippen LogP contribution in [0.15, 0.2) is 0 Å². The van der Waals surface area contributed by atoms with Crippen LogP contribution in [-0.4, -0.2) is 67.2 Å². The van der Waals surface area contributed by atoms with Crippen molar-refractivity contribution >= 4 is 40.5 Å². The molecule has 2 atom stereocenters. The predicted molar refractivity (Wildman–Crippen MR) is 246 cm³/mol. The first-order chi connectivity index (χ1) is 27.2. The summed E-state index contributed by atoms with van der Waals surface area (Å²) in [6.07, 6.45) is 35.6. The largest absolute Gasteiger partial charge is 0.466 e. The predicted octanol–water partition coefficient (Wildman–Crippen LogP) is 14.1. The molecule has 0 saturated heterocycles. The van der Waals surface area contributed by atoms with Gasteiger partial charge in [0.1, 0.15) is 6.10 Å². The number of rotatable bonds is 43. The molecule has 0 saturated carbocycles. The van der Waals surface area contributed by atoms with Crippen LogP contribution in [0.25, 0.3) is 0 Å². The van der Waals surface area contributed by atoms with E-state index in [2.05, 4.69) is 48.3 Å². The number of halogens is 1. The molecule has 0 aliphatic rings. The van der Waals surface area contributed by atoms with Gasteiger partial charge in [0.2, 0.25) is 0 Å². The summed E-state index contributed by atoms with van der Waals surface area (Å²) < 4.78 is 18.5. The number of unbranched alkanes of at least 4 members (excludes halogenated alkanes) is 15. The molecule has 2 unspecified atom stereocenters. The summed E-state index contributed by atoms with van der Waals surface area (Å²) in [5.74, 6) is 1.22. The fourth-order valence-electron chi connectivity index (χ4n) is 7.66. The molecule has 56 heavy (non-hydrogen) atoms. The second-order valence-corrected chi connectivity index (χ2v) is 18.1. The van der Waals surface area contributed by atoms with Gasteiger partial charge in [-0.1, -0.05) is 172 Å². The van der Waals surface area contributed by atoms with Crippen molar-refractivity contribution in [1.82, 2.24) is 4.90 Å². The van der Waals surface area contributed by atoms with Gasteiger partial charge in [0, 0.05) is 19.3 Å². The fraction of sp³-hybridized carbons (Fsp3) is 0.938. The lowest BCUT2D eigenvalue weighted by Gasteiger charge is -2.18. The molecule has 0 spiro atoms. The van der Waals surface area contributed by atoms with Crippen LogP contribution in [0.2, 0.25) is 0 Å². The summed E-state index contributed by atoms with van der Waals surface area (Å²) in [5, 5.41) is 0. The lowest BCUT2D eigenvalue weighted by atomic mass is 9.92. The van der Waals surface area contributed by atoms with Crippen molar-refractivity contribution in [3.63, 3.8) is 0 Å². The van der Waals surface area contributed by atoms with Gasteiger partial charge in [-0.25, -0.2) is 0 Å². The molecule has 332 valence electrons. The van der Waals surface area contributed by atoms with Gasteiger partial charge in [-0.3, -0.25) is 14.4 Å². The molecular formula is C48H92INO6. The van der Waals surface area contributed by atoms with Gasteiger partial charge in [-0.05, 0) is 101 Å². The summed E-state index contributed by atoms with van der Waals surface area (Å²) in [5.41, 5.74) is 0. The summed E-state index contributed by atoms with van der Waals surface area (Å²) in [6.45, 7) is 8.80. The number of ether oxygens (including phenoxy) is 3. The fourth-order valence-corrected chi connectivity index (χ4v) is 8.20. The van der Waals surface area contributed by atoms with Crippen LogP contribution in [0.1, 0.15) is 233 Å². The molecule has 0 N–H and O–H groups in total. The minimum atomic E-state index is -0.0740. The average Bonchev–Trinajstić information content (AvgIpc) is 3.16. The molecule has 8 heteroatoms. The summed E-state index contributed by atoms with van der Waals surface area (Å²) in [4.78, 5) is 39.5. The molecular weight excluding hydrogens is 813 g/mol. The SMILES string of the molecule is CCCCCC(CCCCC)CCOC(=O)CCCCCCCC(CCCCCCCC(=O)OCCC(CCCCC)CCCCI)OC(=O)CCCN(C)C. The number of hydrogen-bond acceptors (Lipinski definition) is 7. The van der Waals surface area contributed by atoms with Crippen LogP contribution < -0.4 is 0 Å². The monoisotopic (exact) mass is 906 g/mol. The average molecular weight is 906 g/mol. The van der Waals surface area contributed by atoms with Crippen molar-refractivity contribution in [2.75, 3.05) is 38.3 Å². The quantitative estimate of drug-likeness (QED) is 0.0198. The van der Waals surface area contributed by atoms with Crippen molar-refractivity contribution in [2.45, 2.75) is 239 Å². The third-order valence-electron chi connectivity index (χ3n) is 11.3. The number of nitrogens with zero attached hydrogens (tertiary/aromatic N) is 1. The van der Waals surface area contributed by atoms with Crippen molar-refractivity contribution in [1.29, 1.82) is 0 Å². The molecule has 0 bridgehead atoms. The Kier molecular flexibility index (Phi) is 41.6. The Bertz CT molecular complexity index is 810. The zero-order valence-corrected chi connectivity index (χ0v) is 39.8. The molecule has 0 amide bonds. The van der Waals surface area contributed by atoms with E-state index in [1.165, 1.54) is 101 Å². The molecule has 0 aromatic carbocycles. The van der Waals surface area contributed by atoms with E-state index in [0.717, 1.165) is 103 Å². The zero-order valence-electron chi connectivity index (χ0n) is 37.7. The van der Waals surface area contributed by atoms with E-state index in [1.54, 1.807) is 0 Å². The minimum absolute atomic E-state index is 0.0213. The van der Waals surface area contributed by atoms with Gasteiger partial charge < -0.3 is 19.1 Å². The molecule has 0 heterocycles. The number of hydrogen-bond donors (Lipinski definition) is 0. The van der Waals surface area contributed by atoms with E-state index < -0.39 is 0 Å². The summed E-state index contributed by atoms with van der Waals surface area (Å²) in [7, 11) is 4.06. The Balaban J connectivity index is 4.35. The van der Waals surface area contributed by atoms with E-state index in [0.29, 0.717) is 44.3 Å². The Hall–Kier alpha value is -0.900. The van der Waals surface area contributed by atoms with Gasteiger partial charge >= 0.3 is 17.9 Å². The molecule has 0 aliphatic heterocycles. The second-order valence-electron chi connectivity index (χ2n) is 17.1. The smallest absolute Gasteiger partial charge is 0.306 e. The van der Waals surface area contributed by atoms with Gasteiger partial charge in [-0.2, -0.15) is 0 Å². The van der Waals surface area contributed by atoms with Crippen LogP contribution in [-0.2, 0) is 28.6 Å². The first-order valence-electron chi connectivity index (χ1n) is 24.0. The highest BCUT2D eigenvalue weighted by Crippen LogP contribution is 2.23. The number of esters is 3. The van der Waals surface area contributed by atoms with Gasteiger partial charge in [0.25, 0.3) is 0 Å². The number of carbonyl (C=O) groups is 3. The van der Waals surface area contributed by atoms with Crippen molar-refractivity contribution < 1.29 is 28.6 Å². The van der Waals surface area contributed by atoms with Crippen molar-refractivity contribution in [2.24, 2.45) is 11.8 Å². The lowest BCUT2D eigenvalue weighted by Crippen LogP contribution is -2.20. The molecule has 0 aliphatic carbocycles. The summed E-state index contributed by atoms with van der Waals surface area (Å²) in [6, 6.07) is 0. The van der Waals surface area contributed by atoms with Crippen molar-refractivity contribution in [3.05, 3.63) is 0 Å². The Labute approximate surface area is 361 Å². The maximum Gasteiger partial charge on any atom is 0.306 e. The van der Waals surface area contributed by atoms with E-state index in [9.17, 15) is 14.4 Å². The van der Waals surface area contributed by atoms with Gasteiger partial charge in [0.15, 0.2) is 0 Å². The Morgan fingerprint density at radius 2 is 0.821 bits per heavy atom. The van der Waals surface area contributed by atoms with Crippen LogP contribution >= 0.6 is 22.6 Å². The Morgan fingerprint density at radius 3 is 1.23 bits per heavy atom. The first-order valence-corrected chi connectivity index (χ1v) is 25.5. The number of carbonyl (C=O) groups excluding carboxylic acids is 3. The van der Waals surface area contributed by atoms with Gasteiger partial charge in [-0.15, -0.1) is 0 Å². The standard InChI is InChI=1S/C48H92INO6/c1-6-9-18-28-43(29-19-10-7-2)37-41-54-46(51)34-23-16-12-14-21-32-45(56-48(53)36-27-40-50(4)5)33-22-15-13-17-24-35-47(52)55-42-38-44(30-20-11-8-3)31-25-26-39-49/h43-45H,6-42H2,1-5H3. The van der Waals surface area contributed by atoms with E-state index >= 15 is 0 Å². The third kappa shape index (κ3) is 38.6. The van der Waals surface area contributed by atoms with E-state index in [4.69, 9.17) is 14.2 Å². The highest BCUT2D eigenvalue weighted by Gasteiger charge is 2.16. The molecule has 0 aromatic rings. The molecule has 0 fully saturated rings. The summed E-state index contributed by atoms with van der Waals surface area (Å²) >= 11 is 2.46.